The van der Waals surface area contributed by atoms with Crippen LogP contribution in [0.4, 0.5) is 13.2 Å². The highest BCUT2D eigenvalue weighted by molar-refractivity contribution is 7.09. The van der Waals surface area contributed by atoms with Gasteiger partial charge in [0, 0.05) is 24.5 Å². The minimum absolute atomic E-state index is 0.212. The molecule has 0 fully saturated rings. The molecule has 1 aromatic heterocycles. The van der Waals surface area contributed by atoms with Gasteiger partial charge in [-0.3, -0.25) is 4.99 Å². The van der Waals surface area contributed by atoms with E-state index in [4.69, 9.17) is 0 Å². The Morgan fingerprint density at radius 2 is 1.96 bits per heavy atom. The molecule has 0 saturated heterocycles. The average Bonchev–Trinajstić information content (AvgIpc) is 2.99. The Hall–Kier alpha value is -2.09. The highest BCUT2D eigenvalue weighted by Crippen LogP contribution is 2.21. The third kappa shape index (κ3) is 5.90. The number of hydrogen-bond acceptors (Lipinski definition) is 3. The van der Waals surface area contributed by atoms with E-state index in [-0.39, 0.29) is 6.54 Å². The second-order valence-electron chi connectivity index (χ2n) is 4.71. The minimum atomic E-state index is -4.17. The molecule has 2 N–H and O–H groups in total. The Kier molecular flexibility index (Phi) is 5.97. The Morgan fingerprint density at radius 1 is 1.22 bits per heavy atom. The maximum absolute atomic E-state index is 12.1. The van der Waals surface area contributed by atoms with Crippen LogP contribution in [-0.4, -0.2) is 30.7 Å². The molecule has 2 aromatic rings. The van der Waals surface area contributed by atoms with Crippen molar-refractivity contribution >= 4 is 17.3 Å². The standard InChI is InChI=1S/C15H17F3N4S/c1-19-14(20-8-7-15(16,17)18)21-9-13-22-12(10-23-13)11-5-3-2-4-6-11/h2-6,10H,7-9H2,1H3,(H2,19,20,21). The van der Waals surface area contributed by atoms with E-state index in [2.05, 4.69) is 20.6 Å². The molecule has 0 aliphatic carbocycles. The molecule has 0 aliphatic rings. The maximum atomic E-state index is 12.1. The van der Waals surface area contributed by atoms with E-state index in [1.54, 1.807) is 0 Å². The fraction of sp³-hybridized carbons (Fsp3) is 0.333. The number of benzene rings is 1. The fourth-order valence-corrected chi connectivity index (χ4v) is 2.58. The molecule has 0 amide bonds. The van der Waals surface area contributed by atoms with Crippen molar-refractivity contribution in [2.24, 2.45) is 4.99 Å². The summed E-state index contributed by atoms with van der Waals surface area (Å²) in [6.45, 7) is 0.194. The van der Waals surface area contributed by atoms with E-state index in [0.717, 1.165) is 16.3 Å². The van der Waals surface area contributed by atoms with Gasteiger partial charge >= 0.3 is 6.18 Å². The topological polar surface area (TPSA) is 49.3 Å². The SMILES string of the molecule is CN=C(NCCC(F)(F)F)NCc1nc(-c2ccccc2)cs1. The number of halogens is 3. The summed E-state index contributed by atoms with van der Waals surface area (Å²) in [5, 5.41) is 8.37. The molecule has 0 aliphatic heterocycles. The fourth-order valence-electron chi connectivity index (χ4n) is 1.84. The number of guanidine groups is 1. The van der Waals surface area contributed by atoms with Crippen molar-refractivity contribution in [3.05, 3.63) is 40.7 Å². The van der Waals surface area contributed by atoms with Gasteiger partial charge in [0.1, 0.15) is 5.01 Å². The molecule has 2 rings (SSSR count). The monoisotopic (exact) mass is 342 g/mol. The minimum Gasteiger partial charge on any atom is -0.356 e. The van der Waals surface area contributed by atoms with Gasteiger partial charge in [-0.25, -0.2) is 4.98 Å². The van der Waals surface area contributed by atoms with Crippen molar-refractivity contribution < 1.29 is 13.2 Å². The molecule has 0 unspecified atom stereocenters. The van der Waals surface area contributed by atoms with E-state index < -0.39 is 12.6 Å². The van der Waals surface area contributed by atoms with Crippen LogP contribution in [0.3, 0.4) is 0 Å². The third-order valence-electron chi connectivity index (χ3n) is 2.95. The lowest BCUT2D eigenvalue weighted by Crippen LogP contribution is -2.38. The predicted octanol–water partition coefficient (Wildman–Crippen LogP) is 3.43. The summed E-state index contributed by atoms with van der Waals surface area (Å²) in [6, 6.07) is 9.78. The van der Waals surface area contributed by atoms with E-state index in [9.17, 15) is 13.2 Å². The van der Waals surface area contributed by atoms with E-state index in [1.165, 1.54) is 18.4 Å². The maximum Gasteiger partial charge on any atom is 0.390 e. The lowest BCUT2D eigenvalue weighted by atomic mass is 10.2. The highest BCUT2D eigenvalue weighted by Gasteiger charge is 2.26. The summed E-state index contributed by atoms with van der Waals surface area (Å²) in [5.74, 6) is 0.325. The molecule has 0 atom stereocenters. The summed E-state index contributed by atoms with van der Waals surface area (Å²) in [6.07, 6.45) is -5.07. The van der Waals surface area contributed by atoms with Crippen molar-refractivity contribution in [3.8, 4) is 11.3 Å². The number of aromatic nitrogens is 1. The van der Waals surface area contributed by atoms with Gasteiger partial charge in [-0.15, -0.1) is 11.3 Å². The number of thiazole rings is 1. The van der Waals surface area contributed by atoms with Crippen LogP contribution < -0.4 is 10.6 Å². The number of rotatable bonds is 5. The second kappa shape index (κ2) is 7.96. The molecule has 0 spiro atoms. The summed E-state index contributed by atoms with van der Waals surface area (Å²) < 4.78 is 36.3. The van der Waals surface area contributed by atoms with E-state index >= 15 is 0 Å². The van der Waals surface area contributed by atoms with Gasteiger partial charge in [0.05, 0.1) is 18.7 Å². The van der Waals surface area contributed by atoms with Gasteiger partial charge in [0.25, 0.3) is 0 Å². The van der Waals surface area contributed by atoms with E-state index in [0.29, 0.717) is 12.5 Å². The van der Waals surface area contributed by atoms with Crippen molar-refractivity contribution in [2.45, 2.75) is 19.1 Å². The van der Waals surface area contributed by atoms with Crippen molar-refractivity contribution in [1.29, 1.82) is 0 Å². The number of nitrogens with one attached hydrogen (secondary N) is 2. The molecule has 1 heterocycles. The van der Waals surface area contributed by atoms with Crippen molar-refractivity contribution in [2.75, 3.05) is 13.6 Å². The molecule has 8 heteroatoms. The molecule has 124 valence electrons. The Labute approximate surface area is 136 Å². The van der Waals surface area contributed by atoms with Gasteiger partial charge in [-0.05, 0) is 0 Å². The molecule has 23 heavy (non-hydrogen) atoms. The molecular formula is C15H17F3N4S. The molecule has 0 radical (unpaired) electrons. The lowest BCUT2D eigenvalue weighted by Gasteiger charge is -2.11. The first kappa shape index (κ1) is 17.3. The first-order valence-electron chi connectivity index (χ1n) is 6.99. The van der Waals surface area contributed by atoms with Gasteiger partial charge in [0.2, 0.25) is 0 Å². The summed E-state index contributed by atoms with van der Waals surface area (Å²) in [5.41, 5.74) is 1.91. The number of hydrogen-bond donors (Lipinski definition) is 2. The normalized spacial score (nSPS) is 12.3. The average molecular weight is 342 g/mol. The zero-order valence-electron chi connectivity index (χ0n) is 12.5. The molecule has 4 nitrogen and oxygen atoms in total. The largest absolute Gasteiger partial charge is 0.390 e. The van der Waals surface area contributed by atoms with Crippen LogP contribution in [0.1, 0.15) is 11.4 Å². The third-order valence-corrected chi connectivity index (χ3v) is 3.80. The van der Waals surface area contributed by atoms with Gasteiger partial charge in [0.15, 0.2) is 5.96 Å². The molecule has 1 aromatic carbocycles. The Bertz CT molecular complexity index is 638. The number of nitrogens with zero attached hydrogens (tertiary/aromatic N) is 2. The first-order chi connectivity index (χ1) is 11.0. The zero-order chi connectivity index (χ0) is 16.7. The van der Waals surface area contributed by atoms with Crippen molar-refractivity contribution in [1.82, 2.24) is 15.6 Å². The molecular weight excluding hydrogens is 325 g/mol. The van der Waals surface area contributed by atoms with Crippen LogP contribution in [0.2, 0.25) is 0 Å². The van der Waals surface area contributed by atoms with Crippen molar-refractivity contribution in [3.63, 3.8) is 0 Å². The van der Waals surface area contributed by atoms with Crippen LogP contribution in [0.25, 0.3) is 11.3 Å². The Balaban J connectivity index is 1.84. The summed E-state index contributed by atoms with van der Waals surface area (Å²) >= 11 is 1.49. The van der Waals surface area contributed by atoms with Crippen LogP contribution in [0.15, 0.2) is 40.7 Å². The quantitative estimate of drug-likeness (QED) is 0.646. The highest BCUT2D eigenvalue weighted by atomic mass is 32.1. The molecule has 0 saturated carbocycles. The zero-order valence-corrected chi connectivity index (χ0v) is 13.3. The summed E-state index contributed by atoms with van der Waals surface area (Å²) in [4.78, 5) is 8.39. The van der Waals surface area contributed by atoms with Crippen LogP contribution >= 0.6 is 11.3 Å². The smallest absolute Gasteiger partial charge is 0.356 e. The number of aliphatic imine (C=N–C) groups is 1. The van der Waals surface area contributed by atoms with Crippen LogP contribution in [0, 0.1) is 0 Å². The first-order valence-corrected chi connectivity index (χ1v) is 7.87. The van der Waals surface area contributed by atoms with Gasteiger partial charge in [-0.2, -0.15) is 13.2 Å². The molecule has 0 bridgehead atoms. The van der Waals surface area contributed by atoms with Gasteiger partial charge in [-0.1, -0.05) is 30.3 Å². The van der Waals surface area contributed by atoms with Crippen LogP contribution in [-0.2, 0) is 6.54 Å². The number of alkyl halides is 3. The van der Waals surface area contributed by atoms with Crippen LogP contribution in [0.5, 0.6) is 0 Å². The van der Waals surface area contributed by atoms with E-state index in [1.807, 2.05) is 35.7 Å². The van der Waals surface area contributed by atoms with Gasteiger partial charge < -0.3 is 10.6 Å². The second-order valence-corrected chi connectivity index (χ2v) is 5.65. The Morgan fingerprint density at radius 3 is 2.61 bits per heavy atom. The lowest BCUT2D eigenvalue weighted by molar-refractivity contribution is -0.132. The predicted molar refractivity (Wildman–Crippen MR) is 86.4 cm³/mol. The summed E-state index contributed by atoms with van der Waals surface area (Å²) in [7, 11) is 1.51.